The predicted octanol–water partition coefficient (Wildman–Crippen LogP) is 0.244. The molecule has 1 aliphatic rings. The molecule has 1 rings (SSSR count). The van der Waals surface area contributed by atoms with Crippen LogP contribution in [0.15, 0.2) is 4.99 Å². The molecular weight excluding hydrogens is 226 g/mol. The molecule has 16 heavy (non-hydrogen) atoms. The van der Waals surface area contributed by atoms with E-state index in [2.05, 4.69) is 4.99 Å². The Kier molecular flexibility index (Phi) is 4.79. The molecule has 0 aromatic heterocycles. The number of carbonyl (C=O) groups excluding carboxylic acids is 2. The zero-order valence-electron chi connectivity index (χ0n) is 9.60. The van der Waals surface area contributed by atoms with Crippen molar-refractivity contribution in [3.05, 3.63) is 0 Å². The van der Waals surface area contributed by atoms with Gasteiger partial charge in [0.15, 0.2) is 0 Å². The third-order valence-corrected chi connectivity index (χ3v) is 3.82. The lowest BCUT2D eigenvalue weighted by molar-refractivity contribution is -0.136. The van der Waals surface area contributed by atoms with Crippen molar-refractivity contribution >= 4 is 29.4 Å². The second kappa shape index (κ2) is 5.89. The van der Waals surface area contributed by atoms with Crippen LogP contribution < -0.4 is 5.73 Å². The Morgan fingerprint density at radius 3 is 2.81 bits per heavy atom. The predicted molar refractivity (Wildman–Crippen MR) is 65.4 cm³/mol. The van der Waals surface area contributed by atoms with Crippen LogP contribution in [0, 0.1) is 0 Å². The number of amides is 2. The lowest BCUT2D eigenvalue weighted by Crippen LogP contribution is -2.26. The maximum atomic E-state index is 11.5. The average molecular weight is 243 g/mol. The van der Waals surface area contributed by atoms with E-state index in [1.54, 1.807) is 7.05 Å². The van der Waals surface area contributed by atoms with Crippen LogP contribution in [0.3, 0.4) is 0 Å². The minimum atomic E-state index is -0.197. The van der Waals surface area contributed by atoms with E-state index in [0.29, 0.717) is 12.3 Å². The summed E-state index contributed by atoms with van der Waals surface area (Å²) in [5.74, 6) is 1.30. The summed E-state index contributed by atoms with van der Waals surface area (Å²) >= 11 is 1.53. The number of likely N-dealkylation sites (tertiary alicyclic amines) is 1. The summed E-state index contributed by atoms with van der Waals surface area (Å²) in [5.41, 5.74) is 5.55. The van der Waals surface area contributed by atoms with Crippen molar-refractivity contribution in [1.29, 1.82) is 0 Å². The molecule has 1 heterocycles. The molecule has 5 nitrogen and oxygen atoms in total. The highest BCUT2D eigenvalue weighted by Crippen LogP contribution is 2.24. The number of hydrogen-bond donors (Lipinski definition) is 1. The minimum absolute atomic E-state index is 0.0767. The summed E-state index contributed by atoms with van der Waals surface area (Å²) in [6.45, 7) is 0. The summed E-state index contributed by atoms with van der Waals surface area (Å²) in [6.07, 6.45) is 1.96. The number of nitrogens with zero attached hydrogens (tertiary/aromatic N) is 2. The highest BCUT2D eigenvalue weighted by molar-refractivity contribution is 8.00. The smallest absolute Gasteiger partial charge is 0.242 e. The van der Waals surface area contributed by atoms with Gasteiger partial charge in [0.1, 0.15) is 0 Å². The van der Waals surface area contributed by atoms with Gasteiger partial charge in [-0.15, -0.1) is 11.8 Å². The van der Waals surface area contributed by atoms with Gasteiger partial charge in [-0.3, -0.25) is 19.5 Å². The van der Waals surface area contributed by atoms with Gasteiger partial charge < -0.3 is 5.73 Å². The third-order valence-electron chi connectivity index (χ3n) is 2.52. The van der Waals surface area contributed by atoms with Crippen LogP contribution >= 0.6 is 11.8 Å². The molecule has 1 atom stereocenters. The van der Waals surface area contributed by atoms with Gasteiger partial charge in [-0.1, -0.05) is 0 Å². The number of imide groups is 1. The van der Waals surface area contributed by atoms with Gasteiger partial charge in [-0.25, -0.2) is 0 Å². The van der Waals surface area contributed by atoms with Gasteiger partial charge in [0, 0.05) is 26.9 Å². The molecule has 0 spiro atoms. The van der Waals surface area contributed by atoms with Crippen LogP contribution in [-0.2, 0) is 9.59 Å². The maximum Gasteiger partial charge on any atom is 0.242 e. The molecule has 0 bridgehead atoms. The van der Waals surface area contributed by atoms with Crippen LogP contribution in [0.4, 0.5) is 0 Å². The Morgan fingerprint density at radius 1 is 1.62 bits per heavy atom. The molecule has 6 heteroatoms. The maximum absolute atomic E-state index is 11.5. The largest absolute Gasteiger partial charge is 0.387 e. The van der Waals surface area contributed by atoms with Gasteiger partial charge >= 0.3 is 0 Å². The molecule has 1 unspecified atom stereocenters. The molecule has 2 amide bonds. The van der Waals surface area contributed by atoms with Crippen LogP contribution in [0.1, 0.15) is 19.3 Å². The van der Waals surface area contributed by atoms with Crippen molar-refractivity contribution in [3.8, 4) is 0 Å². The number of carbonyl (C=O) groups is 2. The average Bonchev–Trinajstić information content (AvgIpc) is 2.52. The van der Waals surface area contributed by atoms with E-state index in [-0.39, 0.29) is 17.1 Å². The molecule has 0 aromatic rings. The van der Waals surface area contributed by atoms with E-state index in [1.165, 1.54) is 23.7 Å². The molecule has 0 aliphatic carbocycles. The lowest BCUT2D eigenvalue weighted by atomic mass is 10.3. The van der Waals surface area contributed by atoms with Gasteiger partial charge in [0.25, 0.3) is 0 Å². The van der Waals surface area contributed by atoms with Crippen molar-refractivity contribution < 1.29 is 9.59 Å². The summed E-state index contributed by atoms with van der Waals surface area (Å²) in [7, 11) is 3.20. The van der Waals surface area contributed by atoms with Crippen molar-refractivity contribution in [2.45, 2.75) is 24.5 Å². The van der Waals surface area contributed by atoms with Crippen LogP contribution in [0.25, 0.3) is 0 Å². The molecule has 1 saturated heterocycles. The first-order chi connectivity index (χ1) is 7.56. The fourth-order valence-electron chi connectivity index (χ4n) is 1.44. The zero-order chi connectivity index (χ0) is 12.1. The van der Waals surface area contributed by atoms with E-state index in [4.69, 9.17) is 5.73 Å². The van der Waals surface area contributed by atoms with E-state index in [1.807, 2.05) is 0 Å². The summed E-state index contributed by atoms with van der Waals surface area (Å²) in [5, 5.41) is -0.197. The summed E-state index contributed by atoms with van der Waals surface area (Å²) < 4.78 is 0. The fraction of sp³-hybridized carbons (Fsp3) is 0.700. The van der Waals surface area contributed by atoms with Crippen molar-refractivity contribution in [2.24, 2.45) is 10.7 Å². The number of thioether (sulfide) groups is 1. The number of amidine groups is 1. The number of aliphatic imine (C=N–C) groups is 1. The van der Waals surface area contributed by atoms with Gasteiger partial charge in [0.05, 0.1) is 11.1 Å². The van der Waals surface area contributed by atoms with E-state index in [9.17, 15) is 9.59 Å². The van der Waals surface area contributed by atoms with Crippen LogP contribution in [-0.4, -0.2) is 47.6 Å². The third kappa shape index (κ3) is 3.23. The molecule has 0 radical (unpaired) electrons. The van der Waals surface area contributed by atoms with Crippen LogP contribution in [0.2, 0.25) is 0 Å². The van der Waals surface area contributed by atoms with E-state index in [0.717, 1.165) is 18.6 Å². The first kappa shape index (κ1) is 13.0. The highest BCUT2D eigenvalue weighted by atomic mass is 32.2. The molecule has 2 N–H and O–H groups in total. The SMILES string of the molecule is CN=C(N)CCCSC1CC(=O)N(C)C1=O. The molecule has 90 valence electrons. The number of rotatable bonds is 5. The zero-order valence-corrected chi connectivity index (χ0v) is 10.4. The van der Waals surface area contributed by atoms with Gasteiger partial charge in [0.2, 0.25) is 11.8 Å². The Morgan fingerprint density at radius 2 is 2.31 bits per heavy atom. The molecule has 0 saturated carbocycles. The molecule has 0 aromatic carbocycles. The Bertz CT molecular complexity index is 317. The fourth-order valence-corrected chi connectivity index (χ4v) is 2.60. The van der Waals surface area contributed by atoms with E-state index < -0.39 is 0 Å². The minimum Gasteiger partial charge on any atom is -0.387 e. The topological polar surface area (TPSA) is 75.8 Å². The first-order valence-electron chi connectivity index (χ1n) is 5.19. The first-order valence-corrected chi connectivity index (χ1v) is 6.24. The monoisotopic (exact) mass is 243 g/mol. The Balaban J connectivity index is 2.24. The number of nitrogens with two attached hydrogens (primary N) is 1. The van der Waals surface area contributed by atoms with E-state index >= 15 is 0 Å². The quantitative estimate of drug-likeness (QED) is 0.325. The second-order valence-electron chi connectivity index (χ2n) is 3.67. The standard InChI is InChI=1S/C10H17N3O2S/c1-12-8(11)4-3-5-16-7-6-9(14)13(2)10(7)15/h7H,3-6H2,1-2H3,(H2,11,12). The van der Waals surface area contributed by atoms with Crippen molar-refractivity contribution in [3.63, 3.8) is 0 Å². The number of hydrogen-bond acceptors (Lipinski definition) is 4. The Hall–Kier alpha value is -1.04. The normalized spacial score (nSPS) is 22.0. The van der Waals surface area contributed by atoms with Gasteiger partial charge in [-0.05, 0) is 12.2 Å². The molecule has 1 fully saturated rings. The summed E-state index contributed by atoms with van der Waals surface area (Å²) in [4.78, 5) is 27.8. The lowest BCUT2D eigenvalue weighted by Gasteiger charge is -2.08. The van der Waals surface area contributed by atoms with Crippen LogP contribution in [0.5, 0.6) is 0 Å². The summed E-state index contributed by atoms with van der Waals surface area (Å²) in [6, 6.07) is 0. The molecular formula is C10H17N3O2S. The Labute approximate surface area is 99.5 Å². The van der Waals surface area contributed by atoms with Gasteiger partial charge in [-0.2, -0.15) is 0 Å². The molecule has 1 aliphatic heterocycles. The van der Waals surface area contributed by atoms with Crippen molar-refractivity contribution in [1.82, 2.24) is 4.90 Å². The second-order valence-corrected chi connectivity index (χ2v) is 4.98. The van der Waals surface area contributed by atoms with Crippen molar-refractivity contribution in [2.75, 3.05) is 19.8 Å². The highest BCUT2D eigenvalue weighted by Gasteiger charge is 2.35.